The highest BCUT2D eigenvalue weighted by molar-refractivity contribution is 7.15. The van der Waals surface area contributed by atoms with E-state index in [1.807, 2.05) is 12.1 Å². The maximum Gasteiger partial charge on any atom is 0.291 e. The topological polar surface area (TPSA) is 67.6 Å². The zero-order chi connectivity index (χ0) is 23.4. The molecule has 3 heterocycles. The summed E-state index contributed by atoms with van der Waals surface area (Å²) in [4.78, 5) is 33.2. The summed E-state index contributed by atoms with van der Waals surface area (Å²) in [6.07, 6.45) is 0. The number of carbonyl (C=O) groups is 1. The van der Waals surface area contributed by atoms with Gasteiger partial charge in [0.05, 0.1) is 17.8 Å². The number of hydrogen-bond donors (Lipinski definition) is 0. The van der Waals surface area contributed by atoms with Crippen LogP contribution in [-0.2, 0) is 11.3 Å². The van der Waals surface area contributed by atoms with E-state index in [0.717, 1.165) is 11.3 Å². The Bertz CT molecular complexity index is 1730. The van der Waals surface area contributed by atoms with Crippen LogP contribution >= 0.6 is 22.9 Å². The average molecular weight is 489 g/mol. The van der Waals surface area contributed by atoms with E-state index < -0.39 is 11.4 Å². The number of fused-ring (bicyclic) bond motifs is 2. The molecule has 9 heteroatoms. The molecule has 6 nitrogen and oxygen atoms in total. The minimum Gasteiger partial charge on any atom is -0.303 e. The lowest BCUT2D eigenvalue weighted by Gasteiger charge is -2.17. The molecule has 6 rings (SSSR count). The van der Waals surface area contributed by atoms with Gasteiger partial charge in [-0.3, -0.25) is 9.59 Å². The normalized spacial score (nSPS) is 14.8. The van der Waals surface area contributed by atoms with Crippen LogP contribution in [0.4, 0.5) is 10.1 Å². The fourth-order valence-electron chi connectivity index (χ4n) is 4.09. The second-order valence-electron chi connectivity index (χ2n) is 7.75. The van der Waals surface area contributed by atoms with Gasteiger partial charge in [0.1, 0.15) is 10.3 Å². The van der Waals surface area contributed by atoms with Crippen LogP contribution in [0, 0.1) is 5.82 Å². The van der Waals surface area contributed by atoms with Crippen LogP contribution in [0.5, 0.6) is 0 Å². The van der Waals surface area contributed by atoms with E-state index in [4.69, 9.17) is 11.6 Å². The van der Waals surface area contributed by atoms with Gasteiger partial charge in [-0.25, -0.2) is 4.39 Å². The van der Waals surface area contributed by atoms with Crippen molar-refractivity contribution in [1.82, 2.24) is 14.6 Å². The number of halogens is 2. The molecule has 1 aliphatic heterocycles. The summed E-state index contributed by atoms with van der Waals surface area (Å²) in [7, 11) is 0. The van der Waals surface area contributed by atoms with Crippen molar-refractivity contribution in [2.75, 3.05) is 4.90 Å². The van der Waals surface area contributed by atoms with Gasteiger partial charge in [-0.15, -0.1) is 5.10 Å². The Kier molecular flexibility index (Phi) is 4.79. The number of thiazole rings is 1. The maximum absolute atomic E-state index is 14.3. The summed E-state index contributed by atoms with van der Waals surface area (Å²) >= 11 is 7.17. The summed E-state index contributed by atoms with van der Waals surface area (Å²) in [5, 5.41) is 4.89. The predicted octanol–water partition coefficient (Wildman–Crippen LogP) is 4.08. The highest BCUT2D eigenvalue weighted by Crippen LogP contribution is 2.36. The molecule has 0 N–H and O–H groups in total. The van der Waals surface area contributed by atoms with Crippen molar-refractivity contribution in [2.24, 2.45) is 0 Å². The molecule has 3 aromatic carbocycles. The van der Waals surface area contributed by atoms with Crippen LogP contribution in [-0.4, -0.2) is 20.5 Å². The lowest BCUT2D eigenvalue weighted by molar-refractivity contribution is -0.113. The van der Waals surface area contributed by atoms with Gasteiger partial charge in [0.2, 0.25) is 4.96 Å². The van der Waals surface area contributed by atoms with Crippen LogP contribution < -0.4 is 15.0 Å². The third-order valence-electron chi connectivity index (χ3n) is 5.68. The van der Waals surface area contributed by atoms with Gasteiger partial charge in [0.25, 0.3) is 11.5 Å². The molecule has 0 aliphatic carbocycles. The number of benzene rings is 3. The summed E-state index contributed by atoms with van der Waals surface area (Å²) in [5.74, 6) is -0.374. The molecule has 2 aromatic heterocycles. The van der Waals surface area contributed by atoms with E-state index >= 15 is 0 Å². The number of rotatable bonds is 3. The molecule has 166 valence electrons. The van der Waals surface area contributed by atoms with Gasteiger partial charge in [-0.05, 0) is 24.3 Å². The molecule has 5 aromatic rings. The fourth-order valence-corrected chi connectivity index (χ4v) is 5.28. The number of carbonyl (C=O) groups excluding carboxylic acids is 1. The molecule has 1 amide bonds. The molecule has 0 fully saturated rings. The zero-order valence-electron chi connectivity index (χ0n) is 17.4. The third kappa shape index (κ3) is 3.22. The standard InChI is InChI=1S/C25H14ClFN4O2S/c26-16-8-5-7-14(12-16)22-28-25-31(29-22)24(33)21(34-25)20-17-9-2-4-11-19(17)30(23(20)32)13-15-6-1-3-10-18(15)27/h1-12H,13H2. The van der Waals surface area contributed by atoms with Crippen molar-refractivity contribution in [3.63, 3.8) is 0 Å². The van der Waals surface area contributed by atoms with Crippen molar-refractivity contribution in [3.8, 4) is 11.4 Å². The van der Waals surface area contributed by atoms with Crippen LogP contribution in [0.15, 0.2) is 77.6 Å². The highest BCUT2D eigenvalue weighted by atomic mass is 35.5. The van der Waals surface area contributed by atoms with E-state index in [0.29, 0.717) is 38.2 Å². The minimum atomic E-state index is -0.424. The highest BCUT2D eigenvalue weighted by Gasteiger charge is 2.34. The van der Waals surface area contributed by atoms with Gasteiger partial charge in [0, 0.05) is 21.7 Å². The number of hydrogen-bond acceptors (Lipinski definition) is 5. The first kappa shape index (κ1) is 20.7. The van der Waals surface area contributed by atoms with E-state index in [1.165, 1.54) is 15.5 Å². The molecule has 0 radical (unpaired) electrons. The Morgan fingerprint density at radius 3 is 2.56 bits per heavy atom. The average Bonchev–Trinajstić information content (AvgIpc) is 3.47. The van der Waals surface area contributed by atoms with E-state index in [-0.39, 0.29) is 22.6 Å². The monoisotopic (exact) mass is 488 g/mol. The van der Waals surface area contributed by atoms with Crippen molar-refractivity contribution in [1.29, 1.82) is 0 Å². The number of amides is 1. The first-order valence-corrected chi connectivity index (χ1v) is 11.6. The minimum absolute atomic E-state index is 0.0554. The second-order valence-corrected chi connectivity index (χ2v) is 9.17. The van der Waals surface area contributed by atoms with Crippen LogP contribution in [0.25, 0.3) is 21.9 Å². The Morgan fingerprint density at radius 2 is 1.76 bits per heavy atom. The van der Waals surface area contributed by atoms with Gasteiger partial charge in [-0.1, -0.05) is 71.5 Å². The lowest BCUT2D eigenvalue weighted by atomic mass is 10.1. The number of anilines is 1. The summed E-state index contributed by atoms with van der Waals surface area (Å²) < 4.78 is 15.8. The summed E-state index contributed by atoms with van der Waals surface area (Å²) in [5.41, 5.74) is 2.19. The van der Waals surface area contributed by atoms with E-state index in [9.17, 15) is 14.0 Å². The van der Waals surface area contributed by atoms with E-state index in [1.54, 1.807) is 54.6 Å². The van der Waals surface area contributed by atoms with Crippen LogP contribution in [0.3, 0.4) is 0 Å². The molecule has 0 spiro atoms. The molecular weight excluding hydrogens is 475 g/mol. The smallest absolute Gasteiger partial charge is 0.291 e. The summed E-state index contributed by atoms with van der Waals surface area (Å²) in [6.45, 7) is 0.0554. The molecule has 0 atom stereocenters. The number of para-hydroxylation sites is 1. The molecule has 0 saturated heterocycles. The second kappa shape index (κ2) is 7.86. The summed E-state index contributed by atoms with van der Waals surface area (Å²) in [6, 6.07) is 20.6. The van der Waals surface area contributed by atoms with Crippen LogP contribution in [0.1, 0.15) is 11.1 Å². The molecule has 1 aliphatic rings. The SMILES string of the molecule is O=C1C(=c2sc3nc(-c4cccc(Cl)c4)nn3c2=O)c2ccccc2N1Cc1ccccc1F. The molecular formula is C25H14ClFN4O2S. The molecule has 34 heavy (non-hydrogen) atoms. The number of nitrogens with zero attached hydrogens (tertiary/aromatic N) is 4. The predicted molar refractivity (Wildman–Crippen MR) is 129 cm³/mol. The van der Waals surface area contributed by atoms with Crippen molar-refractivity contribution < 1.29 is 9.18 Å². The fraction of sp³-hybridized carbons (Fsp3) is 0.0400. The Balaban J connectivity index is 1.50. The van der Waals surface area contributed by atoms with Gasteiger partial charge < -0.3 is 4.90 Å². The first-order chi connectivity index (χ1) is 16.5. The Hall–Kier alpha value is -3.88. The molecule has 0 saturated carbocycles. The van der Waals surface area contributed by atoms with Gasteiger partial charge in [0.15, 0.2) is 5.82 Å². The van der Waals surface area contributed by atoms with Crippen molar-refractivity contribution in [2.45, 2.75) is 6.54 Å². The quantitative estimate of drug-likeness (QED) is 0.384. The molecule has 0 unspecified atom stereocenters. The van der Waals surface area contributed by atoms with Gasteiger partial charge >= 0.3 is 0 Å². The molecule has 0 bridgehead atoms. The lowest BCUT2D eigenvalue weighted by Crippen LogP contribution is -2.32. The van der Waals surface area contributed by atoms with E-state index in [2.05, 4.69) is 10.1 Å². The van der Waals surface area contributed by atoms with Crippen LogP contribution in [0.2, 0.25) is 5.02 Å². The van der Waals surface area contributed by atoms with Gasteiger partial charge in [-0.2, -0.15) is 9.50 Å². The van der Waals surface area contributed by atoms with Crippen molar-refractivity contribution >= 4 is 45.1 Å². The first-order valence-electron chi connectivity index (χ1n) is 10.4. The largest absolute Gasteiger partial charge is 0.303 e. The maximum atomic E-state index is 14.3. The van der Waals surface area contributed by atoms with Crippen molar-refractivity contribution in [3.05, 3.63) is 110 Å². The Labute approximate surface area is 201 Å². The third-order valence-corrected chi connectivity index (χ3v) is 6.94. The Morgan fingerprint density at radius 1 is 0.971 bits per heavy atom. The number of aromatic nitrogens is 3. The zero-order valence-corrected chi connectivity index (χ0v) is 19.0.